The van der Waals surface area contributed by atoms with Gasteiger partial charge in [-0.05, 0) is 6.92 Å². The maximum atomic E-state index is 11.4. The number of aliphatic carboxylic acids is 1. The van der Waals surface area contributed by atoms with E-state index in [-0.39, 0.29) is 6.42 Å². The van der Waals surface area contributed by atoms with Crippen molar-refractivity contribution >= 4 is 52.8 Å². The van der Waals surface area contributed by atoms with Crippen LogP contribution in [-0.2, 0) is 19.1 Å². The molecule has 114 valence electrons. The van der Waals surface area contributed by atoms with E-state index in [1.165, 1.54) is 6.92 Å². The van der Waals surface area contributed by atoms with Gasteiger partial charge in [0.25, 0.3) is 0 Å². The van der Waals surface area contributed by atoms with Crippen LogP contribution in [0.25, 0.3) is 0 Å². The zero-order chi connectivity index (χ0) is 15.5. The molecule has 10 heteroatoms. The van der Waals surface area contributed by atoms with Gasteiger partial charge in [0.2, 0.25) is 9.70 Å². The molecular weight excluding hydrogens is 336 g/mol. The molecule has 20 heavy (non-hydrogen) atoms. The predicted molar refractivity (Wildman–Crippen MR) is 69.9 cm³/mol. The Labute approximate surface area is 129 Å². The summed E-state index contributed by atoms with van der Waals surface area (Å²) in [5.41, 5.74) is 0. The van der Waals surface area contributed by atoms with E-state index < -0.39 is 46.5 Å². The molecular formula is C10H12Cl3NO6. The number of carboxylic acids is 1. The van der Waals surface area contributed by atoms with Crippen LogP contribution >= 0.6 is 34.8 Å². The minimum absolute atomic E-state index is 0.257. The Morgan fingerprint density at radius 2 is 2.05 bits per heavy atom. The molecule has 1 aliphatic rings. The quantitative estimate of drug-likeness (QED) is 0.443. The largest absolute Gasteiger partial charge is 0.508 e. The highest BCUT2D eigenvalue weighted by molar-refractivity contribution is 6.67. The SMILES string of the molecule is CC(OC(=O)OCC(Cl)(Cl)Cl)C1C(=O)NC1CC(=O)O. The van der Waals surface area contributed by atoms with E-state index in [4.69, 9.17) is 44.6 Å². The van der Waals surface area contributed by atoms with Crippen LogP contribution in [0, 0.1) is 5.92 Å². The molecule has 0 spiro atoms. The Kier molecular flexibility index (Phi) is 5.73. The maximum absolute atomic E-state index is 11.4. The lowest BCUT2D eigenvalue weighted by Crippen LogP contribution is -2.63. The number of carbonyl (C=O) groups excluding carboxylic acids is 2. The van der Waals surface area contributed by atoms with Crippen LogP contribution in [0.3, 0.4) is 0 Å². The third-order valence-electron chi connectivity index (χ3n) is 2.60. The first-order valence-corrected chi connectivity index (χ1v) is 6.66. The molecule has 1 fully saturated rings. The van der Waals surface area contributed by atoms with Crippen LogP contribution in [0.5, 0.6) is 0 Å². The minimum Gasteiger partial charge on any atom is -0.481 e. The molecule has 0 aromatic heterocycles. The Hall–Kier alpha value is -0.920. The standard InChI is InChI=1S/C10H12Cl3NO6/c1-4(20-9(18)19-3-10(11,12)13)7-5(2-6(15)16)14-8(7)17/h4-5,7H,2-3H2,1H3,(H,14,17)(H,15,16). The van der Waals surface area contributed by atoms with Gasteiger partial charge in [0.15, 0.2) is 0 Å². The molecule has 2 N–H and O–H groups in total. The van der Waals surface area contributed by atoms with Gasteiger partial charge in [-0.3, -0.25) is 9.59 Å². The van der Waals surface area contributed by atoms with E-state index >= 15 is 0 Å². The smallest absolute Gasteiger partial charge is 0.481 e. The number of halogens is 3. The summed E-state index contributed by atoms with van der Waals surface area (Å²) >= 11 is 16.2. The Balaban J connectivity index is 2.44. The summed E-state index contributed by atoms with van der Waals surface area (Å²) in [4.78, 5) is 33.3. The second-order valence-corrected chi connectivity index (χ2v) is 6.73. The van der Waals surface area contributed by atoms with Crippen molar-refractivity contribution in [2.75, 3.05) is 6.61 Å². The number of amides is 1. The molecule has 1 heterocycles. The Morgan fingerprint density at radius 3 is 2.50 bits per heavy atom. The normalized spacial score (nSPS) is 23.3. The molecule has 1 amide bonds. The first kappa shape index (κ1) is 17.1. The van der Waals surface area contributed by atoms with Crippen LogP contribution in [0.1, 0.15) is 13.3 Å². The van der Waals surface area contributed by atoms with Gasteiger partial charge in [0, 0.05) is 0 Å². The van der Waals surface area contributed by atoms with Gasteiger partial charge in [-0.1, -0.05) is 34.8 Å². The van der Waals surface area contributed by atoms with Gasteiger partial charge in [-0.25, -0.2) is 4.79 Å². The van der Waals surface area contributed by atoms with Crippen LogP contribution in [0.4, 0.5) is 4.79 Å². The summed E-state index contributed by atoms with van der Waals surface area (Å²) in [5.74, 6) is -2.20. The van der Waals surface area contributed by atoms with E-state index in [9.17, 15) is 14.4 Å². The highest BCUT2D eigenvalue weighted by atomic mass is 35.6. The van der Waals surface area contributed by atoms with Crippen molar-refractivity contribution in [3.63, 3.8) is 0 Å². The number of alkyl halides is 3. The van der Waals surface area contributed by atoms with Crippen LogP contribution in [0.15, 0.2) is 0 Å². The van der Waals surface area contributed by atoms with Gasteiger partial charge >= 0.3 is 12.1 Å². The summed E-state index contributed by atoms with van der Waals surface area (Å²) < 4.78 is 7.62. The number of nitrogens with one attached hydrogen (secondary N) is 1. The van der Waals surface area contributed by atoms with Gasteiger partial charge in [0.05, 0.1) is 18.4 Å². The molecule has 0 aromatic carbocycles. The third-order valence-corrected chi connectivity index (χ3v) is 2.93. The monoisotopic (exact) mass is 347 g/mol. The van der Waals surface area contributed by atoms with Crippen molar-refractivity contribution in [2.24, 2.45) is 5.92 Å². The fourth-order valence-corrected chi connectivity index (χ4v) is 1.93. The van der Waals surface area contributed by atoms with Crippen molar-refractivity contribution in [2.45, 2.75) is 29.3 Å². The number of carboxylic acid groups (broad SMARTS) is 1. The molecule has 0 aromatic rings. The lowest BCUT2D eigenvalue weighted by atomic mass is 9.84. The summed E-state index contributed by atoms with van der Waals surface area (Å²) in [6.07, 6.45) is -2.21. The maximum Gasteiger partial charge on any atom is 0.508 e. The number of hydrogen-bond acceptors (Lipinski definition) is 5. The average molecular weight is 349 g/mol. The number of rotatable bonds is 5. The number of β-lactam (4-membered cyclic amide) rings is 1. The first-order valence-electron chi connectivity index (χ1n) is 5.52. The lowest BCUT2D eigenvalue weighted by molar-refractivity contribution is -0.146. The van der Waals surface area contributed by atoms with Crippen LogP contribution in [0.2, 0.25) is 0 Å². The van der Waals surface area contributed by atoms with Crippen molar-refractivity contribution in [3.8, 4) is 0 Å². The molecule has 3 unspecified atom stereocenters. The lowest BCUT2D eigenvalue weighted by Gasteiger charge is -2.38. The second kappa shape index (κ2) is 6.69. The van der Waals surface area contributed by atoms with Gasteiger partial charge in [0.1, 0.15) is 12.7 Å². The van der Waals surface area contributed by atoms with Crippen molar-refractivity contribution in [3.05, 3.63) is 0 Å². The zero-order valence-electron chi connectivity index (χ0n) is 10.3. The van der Waals surface area contributed by atoms with Gasteiger partial charge in [-0.2, -0.15) is 0 Å². The van der Waals surface area contributed by atoms with E-state index in [0.717, 1.165) is 0 Å². The molecule has 0 saturated carbocycles. The molecule has 3 atom stereocenters. The van der Waals surface area contributed by atoms with E-state index in [1.54, 1.807) is 0 Å². The van der Waals surface area contributed by atoms with E-state index in [1.807, 2.05) is 0 Å². The topological polar surface area (TPSA) is 102 Å². The van der Waals surface area contributed by atoms with Crippen LogP contribution < -0.4 is 5.32 Å². The number of hydrogen-bond donors (Lipinski definition) is 2. The average Bonchev–Trinajstić information content (AvgIpc) is 2.23. The Bertz CT molecular complexity index is 410. The Morgan fingerprint density at radius 1 is 1.45 bits per heavy atom. The van der Waals surface area contributed by atoms with E-state index in [0.29, 0.717) is 0 Å². The summed E-state index contributed by atoms with van der Waals surface area (Å²) in [6.45, 7) is 0.952. The number of carbonyl (C=O) groups is 3. The van der Waals surface area contributed by atoms with Gasteiger partial charge < -0.3 is 19.9 Å². The molecule has 1 aliphatic heterocycles. The highest BCUT2D eigenvalue weighted by Crippen LogP contribution is 2.27. The van der Waals surface area contributed by atoms with Crippen LogP contribution in [-0.4, -0.2) is 45.7 Å². The van der Waals surface area contributed by atoms with E-state index in [2.05, 4.69) is 10.1 Å². The number of ether oxygens (including phenoxy) is 2. The fourth-order valence-electron chi connectivity index (χ4n) is 1.76. The van der Waals surface area contributed by atoms with Crippen molar-refractivity contribution in [1.82, 2.24) is 5.32 Å². The van der Waals surface area contributed by atoms with Crippen molar-refractivity contribution in [1.29, 1.82) is 0 Å². The highest BCUT2D eigenvalue weighted by Gasteiger charge is 2.45. The summed E-state index contributed by atoms with van der Waals surface area (Å²) in [7, 11) is 0. The summed E-state index contributed by atoms with van der Waals surface area (Å²) in [5, 5.41) is 11.1. The molecule has 0 radical (unpaired) electrons. The molecule has 0 aliphatic carbocycles. The first-order chi connectivity index (χ1) is 9.10. The zero-order valence-corrected chi connectivity index (χ0v) is 12.5. The fraction of sp³-hybridized carbons (Fsp3) is 0.700. The predicted octanol–water partition coefficient (Wildman–Crippen LogP) is 1.49. The molecule has 1 rings (SSSR count). The van der Waals surface area contributed by atoms with Gasteiger partial charge in [-0.15, -0.1) is 0 Å². The molecule has 0 bridgehead atoms. The van der Waals surface area contributed by atoms with Crippen molar-refractivity contribution < 1.29 is 29.0 Å². The summed E-state index contributed by atoms with van der Waals surface area (Å²) in [6, 6.07) is -0.587. The second-order valence-electron chi connectivity index (χ2n) is 4.22. The minimum atomic E-state index is -1.76. The third kappa shape index (κ3) is 5.22. The molecule has 7 nitrogen and oxygen atoms in total. The molecule has 1 saturated heterocycles.